The second-order valence-electron chi connectivity index (χ2n) is 6.04. The lowest BCUT2D eigenvalue weighted by Gasteiger charge is -2.12. The fourth-order valence-corrected chi connectivity index (χ4v) is 2.67. The Kier molecular flexibility index (Phi) is 6.63. The van der Waals surface area contributed by atoms with Crippen molar-refractivity contribution in [2.45, 2.75) is 13.5 Å². The van der Waals surface area contributed by atoms with Gasteiger partial charge in [0.1, 0.15) is 23.6 Å². The standard InChI is InChI=1S/C21H20N2O7/c1-3-28-21(25)20-17(12-30-19(24)13-29-14-7-5-4-6-8-14)22-16-10-9-15(27-2)11-18(16)23(20)26/h4-11H,3,12-13H2,1-2H3. The zero-order valence-corrected chi connectivity index (χ0v) is 16.5. The van der Waals surface area contributed by atoms with Crippen molar-refractivity contribution in [3.8, 4) is 11.5 Å². The van der Waals surface area contributed by atoms with E-state index in [0.717, 1.165) is 0 Å². The van der Waals surface area contributed by atoms with E-state index in [1.165, 1.54) is 13.2 Å². The Morgan fingerprint density at radius 3 is 2.53 bits per heavy atom. The van der Waals surface area contributed by atoms with Gasteiger partial charge >= 0.3 is 17.6 Å². The molecule has 0 aliphatic carbocycles. The van der Waals surface area contributed by atoms with Crippen molar-refractivity contribution in [1.29, 1.82) is 0 Å². The molecule has 0 spiro atoms. The number of rotatable bonds is 8. The van der Waals surface area contributed by atoms with Crippen molar-refractivity contribution in [1.82, 2.24) is 4.98 Å². The smallest absolute Gasteiger partial charge is 0.407 e. The van der Waals surface area contributed by atoms with E-state index < -0.39 is 18.5 Å². The minimum absolute atomic E-state index is 0.0193. The Morgan fingerprint density at radius 1 is 1.07 bits per heavy atom. The Morgan fingerprint density at radius 2 is 1.83 bits per heavy atom. The lowest BCUT2D eigenvalue weighted by molar-refractivity contribution is -0.581. The zero-order valence-electron chi connectivity index (χ0n) is 16.5. The molecule has 0 aliphatic rings. The number of para-hydroxylation sites is 1. The molecular weight excluding hydrogens is 392 g/mol. The molecule has 3 aromatic rings. The summed E-state index contributed by atoms with van der Waals surface area (Å²) < 4.78 is 21.0. The fraction of sp³-hybridized carbons (Fsp3) is 0.238. The van der Waals surface area contributed by atoms with E-state index >= 15 is 0 Å². The molecule has 0 saturated heterocycles. The van der Waals surface area contributed by atoms with E-state index in [1.807, 2.05) is 6.07 Å². The van der Waals surface area contributed by atoms with Gasteiger partial charge in [-0.2, -0.15) is 4.73 Å². The molecule has 9 nitrogen and oxygen atoms in total. The summed E-state index contributed by atoms with van der Waals surface area (Å²) in [4.78, 5) is 28.7. The normalized spacial score (nSPS) is 10.5. The molecule has 156 valence electrons. The Bertz CT molecular complexity index is 1050. The lowest BCUT2D eigenvalue weighted by Crippen LogP contribution is -2.39. The van der Waals surface area contributed by atoms with Crippen molar-refractivity contribution in [3.05, 3.63) is 65.1 Å². The highest BCUT2D eigenvalue weighted by Gasteiger charge is 2.28. The average Bonchev–Trinajstić information content (AvgIpc) is 2.77. The molecule has 0 N–H and O–H groups in total. The summed E-state index contributed by atoms with van der Waals surface area (Å²) in [6.07, 6.45) is 0. The van der Waals surface area contributed by atoms with Crippen molar-refractivity contribution < 1.29 is 33.3 Å². The van der Waals surface area contributed by atoms with Gasteiger partial charge < -0.3 is 24.2 Å². The summed E-state index contributed by atoms with van der Waals surface area (Å²) >= 11 is 0. The molecule has 1 heterocycles. The molecule has 2 aromatic carbocycles. The second kappa shape index (κ2) is 9.55. The van der Waals surface area contributed by atoms with Gasteiger partial charge in [-0.05, 0) is 31.2 Å². The van der Waals surface area contributed by atoms with Crippen molar-refractivity contribution in [2.24, 2.45) is 0 Å². The first-order valence-corrected chi connectivity index (χ1v) is 9.14. The first kappa shape index (κ1) is 20.8. The number of hydrogen-bond acceptors (Lipinski definition) is 8. The van der Waals surface area contributed by atoms with Crippen LogP contribution in [0.15, 0.2) is 48.5 Å². The molecule has 0 unspecified atom stereocenters. The van der Waals surface area contributed by atoms with Crippen LogP contribution < -0.4 is 14.2 Å². The summed E-state index contributed by atoms with van der Waals surface area (Å²) in [5, 5.41) is 12.8. The molecule has 0 fully saturated rings. The van der Waals surface area contributed by atoms with E-state index in [1.54, 1.807) is 43.3 Å². The summed E-state index contributed by atoms with van der Waals surface area (Å²) in [6, 6.07) is 13.4. The van der Waals surface area contributed by atoms with Crippen LogP contribution in [-0.2, 0) is 20.9 Å². The van der Waals surface area contributed by atoms with E-state index in [9.17, 15) is 14.8 Å². The number of benzene rings is 2. The van der Waals surface area contributed by atoms with E-state index in [0.29, 0.717) is 21.7 Å². The Balaban J connectivity index is 1.83. The second-order valence-corrected chi connectivity index (χ2v) is 6.04. The van der Waals surface area contributed by atoms with Gasteiger partial charge in [0, 0.05) is 0 Å². The van der Waals surface area contributed by atoms with Crippen molar-refractivity contribution in [2.75, 3.05) is 20.3 Å². The van der Waals surface area contributed by atoms with Gasteiger partial charge in [0.15, 0.2) is 12.3 Å². The third kappa shape index (κ3) is 4.75. The number of hydrogen-bond donors (Lipinski definition) is 0. The highest BCUT2D eigenvalue weighted by molar-refractivity contribution is 5.88. The van der Waals surface area contributed by atoms with Crippen LogP contribution in [0.5, 0.6) is 11.5 Å². The van der Waals surface area contributed by atoms with Crippen LogP contribution >= 0.6 is 0 Å². The SMILES string of the molecule is CCOC(=O)c1c(COC(=O)COc2ccccc2)nc2ccc(OC)cc2[n+]1[O-]. The number of carbonyl (C=O) groups is 2. The molecular formula is C21H20N2O7. The molecule has 0 amide bonds. The molecule has 3 rings (SSSR count). The fourth-order valence-electron chi connectivity index (χ4n) is 2.67. The number of ether oxygens (including phenoxy) is 4. The number of methoxy groups -OCH3 is 1. The van der Waals surface area contributed by atoms with Gasteiger partial charge in [0.2, 0.25) is 5.52 Å². The van der Waals surface area contributed by atoms with E-state index in [4.69, 9.17) is 18.9 Å². The highest BCUT2D eigenvalue weighted by atomic mass is 16.6. The molecule has 1 aromatic heterocycles. The molecule has 0 aliphatic heterocycles. The predicted molar refractivity (Wildman–Crippen MR) is 105 cm³/mol. The Hall–Kier alpha value is -3.88. The number of fused-ring (bicyclic) bond motifs is 1. The summed E-state index contributed by atoms with van der Waals surface area (Å²) in [7, 11) is 1.46. The first-order chi connectivity index (χ1) is 14.5. The third-order valence-corrected chi connectivity index (χ3v) is 4.07. The van der Waals surface area contributed by atoms with Gasteiger partial charge in [-0.3, -0.25) is 0 Å². The van der Waals surface area contributed by atoms with E-state index in [-0.39, 0.29) is 30.1 Å². The molecule has 0 radical (unpaired) electrons. The molecule has 30 heavy (non-hydrogen) atoms. The van der Waals surface area contributed by atoms with Crippen LogP contribution in [0.25, 0.3) is 11.0 Å². The van der Waals surface area contributed by atoms with Crippen LogP contribution in [-0.4, -0.2) is 37.2 Å². The van der Waals surface area contributed by atoms with Crippen LogP contribution in [0.4, 0.5) is 0 Å². The van der Waals surface area contributed by atoms with Crippen molar-refractivity contribution >= 4 is 23.0 Å². The highest BCUT2D eigenvalue weighted by Crippen LogP contribution is 2.19. The number of aromatic nitrogens is 2. The molecule has 9 heteroatoms. The quantitative estimate of drug-likeness (QED) is 0.314. The minimum Gasteiger partial charge on any atom is -0.618 e. The number of carbonyl (C=O) groups excluding carboxylic acids is 2. The van der Waals surface area contributed by atoms with Crippen molar-refractivity contribution in [3.63, 3.8) is 0 Å². The van der Waals surface area contributed by atoms with Crippen LogP contribution in [0.2, 0.25) is 0 Å². The minimum atomic E-state index is -0.865. The maximum atomic E-state index is 12.8. The maximum absolute atomic E-state index is 12.8. The summed E-state index contributed by atoms with van der Waals surface area (Å²) in [5.41, 5.74) is 0.0638. The van der Waals surface area contributed by atoms with Gasteiger partial charge in [0.05, 0.1) is 19.8 Å². The van der Waals surface area contributed by atoms with E-state index in [2.05, 4.69) is 4.98 Å². The maximum Gasteiger partial charge on any atom is 0.407 e. The lowest BCUT2D eigenvalue weighted by atomic mass is 10.2. The number of esters is 2. The van der Waals surface area contributed by atoms with Crippen LogP contribution in [0, 0.1) is 5.21 Å². The van der Waals surface area contributed by atoms with Gasteiger partial charge in [-0.1, -0.05) is 18.2 Å². The van der Waals surface area contributed by atoms with Gasteiger partial charge in [-0.15, -0.1) is 0 Å². The average molecular weight is 412 g/mol. The zero-order chi connectivity index (χ0) is 21.5. The topological polar surface area (TPSA) is 111 Å². The monoisotopic (exact) mass is 412 g/mol. The van der Waals surface area contributed by atoms with Gasteiger partial charge in [0.25, 0.3) is 0 Å². The number of nitrogens with zero attached hydrogens (tertiary/aromatic N) is 2. The summed E-state index contributed by atoms with van der Waals surface area (Å²) in [5.74, 6) is -0.600. The summed E-state index contributed by atoms with van der Waals surface area (Å²) in [6.45, 7) is 0.959. The molecule has 0 saturated carbocycles. The molecule has 0 bridgehead atoms. The Labute approximate surface area is 172 Å². The first-order valence-electron chi connectivity index (χ1n) is 9.14. The van der Waals surface area contributed by atoms with Gasteiger partial charge in [-0.25, -0.2) is 14.6 Å². The molecule has 0 atom stereocenters. The third-order valence-electron chi connectivity index (χ3n) is 4.07. The van der Waals surface area contributed by atoms with Crippen LogP contribution in [0.1, 0.15) is 23.1 Å². The predicted octanol–water partition coefficient (Wildman–Crippen LogP) is 2.18. The van der Waals surface area contributed by atoms with Crippen LogP contribution in [0.3, 0.4) is 0 Å². The largest absolute Gasteiger partial charge is 0.618 e.